The number of rotatable bonds is 5. The van der Waals surface area contributed by atoms with Crippen molar-refractivity contribution in [3.63, 3.8) is 0 Å². The van der Waals surface area contributed by atoms with Crippen LogP contribution < -0.4 is 10.9 Å². The molecule has 0 spiro atoms. The topological polar surface area (TPSA) is 123 Å². The highest BCUT2D eigenvalue weighted by atomic mass is 32.1. The van der Waals surface area contributed by atoms with Crippen LogP contribution in [0.1, 0.15) is 41.0 Å². The summed E-state index contributed by atoms with van der Waals surface area (Å²) in [6.07, 6.45) is 0. The Hall–Kier alpha value is -3.27. The first-order valence-corrected chi connectivity index (χ1v) is 9.62. The van der Waals surface area contributed by atoms with Crippen molar-refractivity contribution < 1.29 is 19.4 Å². The van der Waals surface area contributed by atoms with Crippen LogP contribution in [0, 0.1) is 6.92 Å². The Morgan fingerprint density at radius 2 is 2.03 bits per heavy atom. The van der Waals surface area contributed by atoms with Crippen LogP contribution in [0.4, 0.5) is 5.13 Å². The molecule has 2 aromatic heterocycles. The molecule has 1 amide bonds. The number of hydrogen-bond acceptors (Lipinski definition) is 8. The first-order chi connectivity index (χ1) is 13.7. The normalized spacial score (nSPS) is 11.1. The zero-order valence-corrected chi connectivity index (χ0v) is 17.2. The quantitative estimate of drug-likeness (QED) is 0.612. The maximum absolute atomic E-state index is 12.7. The van der Waals surface area contributed by atoms with E-state index in [1.54, 1.807) is 13.0 Å². The summed E-state index contributed by atoms with van der Waals surface area (Å²) in [6, 6.07) is 4.30. The summed E-state index contributed by atoms with van der Waals surface area (Å²) >= 11 is 1.18. The summed E-state index contributed by atoms with van der Waals surface area (Å²) in [4.78, 5) is 46.3. The first-order valence-electron chi connectivity index (χ1n) is 8.80. The van der Waals surface area contributed by atoms with Gasteiger partial charge in [0.15, 0.2) is 10.8 Å². The molecule has 9 nitrogen and oxygen atoms in total. The van der Waals surface area contributed by atoms with Gasteiger partial charge in [0, 0.05) is 4.88 Å². The van der Waals surface area contributed by atoms with Crippen molar-refractivity contribution in [1.29, 1.82) is 0 Å². The molecular weight excluding hydrogens is 396 g/mol. The van der Waals surface area contributed by atoms with Crippen LogP contribution in [0.5, 0.6) is 5.75 Å². The first kappa shape index (κ1) is 20.5. The van der Waals surface area contributed by atoms with Crippen molar-refractivity contribution >= 4 is 39.2 Å². The van der Waals surface area contributed by atoms with Crippen LogP contribution in [0.15, 0.2) is 23.0 Å². The summed E-state index contributed by atoms with van der Waals surface area (Å²) < 4.78 is 5.96. The van der Waals surface area contributed by atoms with E-state index < -0.39 is 17.4 Å². The molecule has 2 N–H and O–H groups in total. The number of amides is 1. The molecule has 0 radical (unpaired) electrons. The Balaban J connectivity index is 1.88. The van der Waals surface area contributed by atoms with Gasteiger partial charge in [-0.25, -0.2) is 14.8 Å². The number of aromatic nitrogens is 3. The number of carbonyl (C=O) groups is 2. The Bertz CT molecular complexity index is 1170. The monoisotopic (exact) mass is 416 g/mol. The van der Waals surface area contributed by atoms with Gasteiger partial charge in [0.1, 0.15) is 18.1 Å². The number of ether oxygens (including phenoxy) is 1. The van der Waals surface area contributed by atoms with Crippen LogP contribution >= 0.6 is 11.3 Å². The van der Waals surface area contributed by atoms with Crippen molar-refractivity contribution in [2.45, 2.75) is 33.2 Å². The molecule has 0 bridgehead atoms. The molecular formula is C19H20N4O5S. The lowest BCUT2D eigenvalue weighted by Crippen LogP contribution is -2.30. The van der Waals surface area contributed by atoms with E-state index in [1.807, 2.05) is 13.8 Å². The maximum atomic E-state index is 12.7. The molecule has 0 atom stereocenters. The summed E-state index contributed by atoms with van der Waals surface area (Å²) in [6.45, 7) is 5.15. The van der Waals surface area contributed by atoms with Crippen LogP contribution in [0.3, 0.4) is 0 Å². The fraction of sp³-hybridized carbons (Fsp3) is 0.316. The number of hydrogen-bond donors (Lipinski definition) is 2. The summed E-state index contributed by atoms with van der Waals surface area (Å²) in [5, 5.41) is 12.7. The molecule has 0 unspecified atom stereocenters. The van der Waals surface area contributed by atoms with E-state index in [0.717, 1.165) is 0 Å². The molecule has 1 aromatic carbocycles. The fourth-order valence-electron chi connectivity index (χ4n) is 2.83. The molecule has 0 saturated carbocycles. The van der Waals surface area contributed by atoms with Gasteiger partial charge < -0.3 is 15.2 Å². The number of nitrogens with one attached hydrogen (secondary N) is 1. The molecule has 152 valence electrons. The molecule has 29 heavy (non-hydrogen) atoms. The molecule has 0 saturated heterocycles. The average Bonchev–Trinajstić information content (AvgIpc) is 3.09. The summed E-state index contributed by atoms with van der Waals surface area (Å²) in [7, 11) is 1.27. The van der Waals surface area contributed by atoms with Crippen LogP contribution in [0.25, 0.3) is 10.9 Å². The van der Waals surface area contributed by atoms with E-state index in [2.05, 4.69) is 15.3 Å². The smallest absolute Gasteiger partial charge is 0.357 e. The number of carbonyl (C=O) groups excluding carboxylic acids is 2. The van der Waals surface area contributed by atoms with Gasteiger partial charge in [-0.05, 0) is 31.0 Å². The highest BCUT2D eigenvalue weighted by Gasteiger charge is 2.22. The lowest BCUT2D eigenvalue weighted by molar-refractivity contribution is -0.116. The van der Waals surface area contributed by atoms with Crippen molar-refractivity contribution in [3.8, 4) is 5.75 Å². The Labute approximate surface area is 170 Å². The van der Waals surface area contributed by atoms with Crippen LogP contribution in [-0.4, -0.2) is 38.6 Å². The number of anilines is 1. The molecule has 0 aliphatic carbocycles. The highest BCUT2D eigenvalue weighted by Crippen LogP contribution is 2.30. The van der Waals surface area contributed by atoms with Gasteiger partial charge in [-0.3, -0.25) is 14.2 Å². The minimum Gasteiger partial charge on any atom is -0.508 e. The van der Waals surface area contributed by atoms with E-state index in [1.165, 1.54) is 35.1 Å². The third-order valence-electron chi connectivity index (χ3n) is 4.23. The van der Waals surface area contributed by atoms with Gasteiger partial charge in [0.2, 0.25) is 5.91 Å². The maximum Gasteiger partial charge on any atom is 0.357 e. The largest absolute Gasteiger partial charge is 0.508 e. The number of methoxy groups -OCH3 is 1. The number of fused-ring (bicyclic) bond motifs is 1. The molecule has 0 aliphatic heterocycles. The van der Waals surface area contributed by atoms with E-state index in [0.29, 0.717) is 16.2 Å². The standard InChI is InChI=1S/C19H20N4O5S/c1-9(2)16-15(18(27)28-4)22-19(29-16)21-14(25)8-23-10(3)20-13-6-5-11(24)7-12(13)17(23)26/h5-7,9,24H,8H2,1-4H3,(H,21,22,25). The van der Waals surface area contributed by atoms with Crippen molar-refractivity contribution in [2.75, 3.05) is 12.4 Å². The highest BCUT2D eigenvalue weighted by molar-refractivity contribution is 7.16. The second kappa shape index (κ2) is 8.00. The molecule has 3 rings (SSSR count). The number of aryl methyl sites for hydroxylation is 1. The number of nitrogens with zero attached hydrogens (tertiary/aromatic N) is 3. The third-order valence-corrected chi connectivity index (χ3v) is 5.50. The van der Waals surface area contributed by atoms with E-state index >= 15 is 0 Å². The van der Waals surface area contributed by atoms with Crippen molar-refractivity contribution in [1.82, 2.24) is 14.5 Å². The van der Waals surface area contributed by atoms with Crippen molar-refractivity contribution in [2.24, 2.45) is 0 Å². The molecule has 10 heteroatoms. The van der Waals surface area contributed by atoms with Gasteiger partial charge in [0.05, 0.1) is 18.0 Å². The average molecular weight is 416 g/mol. The zero-order chi connectivity index (χ0) is 21.3. The predicted molar refractivity (Wildman–Crippen MR) is 109 cm³/mol. The summed E-state index contributed by atoms with van der Waals surface area (Å²) in [5.74, 6) is -0.737. The van der Waals surface area contributed by atoms with E-state index in [4.69, 9.17) is 4.74 Å². The Morgan fingerprint density at radius 1 is 1.31 bits per heavy atom. The number of thiazole rings is 1. The van der Waals surface area contributed by atoms with Gasteiger partial charge in [-0.2, -0.15) is 0 Å². The zero-order valence-electron chi connectivity index (χ0n) is 16.3. The fourth-order valence-corrected chi connectivity index (χ4v) is 3.80. The Morgan fingerprint density at radius 3 is 2.69 bits per heavy atom. The lowest BCUT2D eigenvalue weighted by Gasteiger charge is -2.10. The summed E-state index contributed by atoms with van der Waals surface area (Å²) in [5.41, 5.74) is 0.168. The van der Waals surface area contributed by atoms with E-state index in [-0.39, 0.29) is 34.4 Å². The van der Waals surface area contributed by atoms with Crippen LogP contribution in [-0.2, 0) is 16.1 Å². The molecule has 0 fully saturated rings. The van der Waals surface area contributed by atoms with Gasteiger partial charge in [-0.15, -0.1) is 11.3 Å². The van der Waals surface area contributed by atoms with Gasteiger partial charge >= 0.3 is 5.97 Å². The minimum atomic E-state index is -0.573. The Kier molecular flexibility index (Phi) is 5.64. The van der Waals surface area contributed by atoms with Crippen molar-refractivity contribution in [3.05, 3.63) is 44.9 Å². The second-order valence-corrected chi connectivity index (χ2v) is 7.71. The number of esters is 1. The second-order valence-electron chi connectivity index (χ2n) is 6.68. The molecule has 2 heterocycles. The number of phenolic OH excluding ortho intramolecular Hbond substituents is 1. The number of benzene rings is 1. The number of aromatic hydroxyl groups is 1. The van der Waals surface area contributed by atoms with Gasteiger partial charge in [-0.1, -0.05) is 13.8 Å². The lowest BCUT2D eigenvalue weighted by atomic mass is 10.1. The molecule has 3 aromatic rings. The molecule has 0 aliphatic rings. The van der Waals surface area contributed by atoms with E-state index in [9.17, 15) is 19.5 Å². The number of phenols is 1. The predicted octanol–water partition coefficient (Wildman–Crippen LogP) is 2.42. The minimum absolute atomic E-state index is 0.0227. The van der Waals surface area contributed by atoms with Crippen LogP contribution in [0.2, 0.25) is 0 Å². The SMILES string of the molecule is COC(=O)c1nc(NC(=O)Cn2c(C)nc3ccc(O)cc3c2=O)sc1C(C)C. The third kappa shape index (κ3) is 4.11. The van der Waals surface area contributed by atoms with Gasteiger partial charge in [0.25, 0.3) is 5.56 Å².